The maximum absolute atomic E-state index is 12.8. The maximum atomic E-state index is 12.8. The van der Waals surface area contributed by atoms with Crippen molar-refractivity contribution in [3.05, 3.63) is 28.8 Å². The van der Waals surface area contributed by atoms with Gasteiger partial charge in [-0.15, -0.1) is 0 Å². The number of aromatic hydroxyl groups is 1. The smallest absolute Gasteiger partial charge is 0.421 e. The lowest BCUT2D eigenvalue weighted by molar-refractivity contribution is -0.260. The van der Waals surface area contributed by atoms with Crippen molar-refractivity contribution in [1.82, 2.24) is 0 Å². The Balaban J connectivity index is 3.68. The Labute approximate surface area is 104 Å². The molecule has 0 saturated heterocycles. The van der Waals surface area contributed by atoms with Crippen molar-refractivity contribution >= 4 is 0 Å². The molecule has 1 aromatic rings. The number of hydrogen-bond acceptors (Lipinski definition) is 2. The Kier molecular flexibility index (Phi) is 3.53. The fourth-order valence-corrected chi connectivity index (χ4v) is 1.62. The third kappa shape index (κ3) is 2.63. The van der Waals surface area contributed by atoms with Crippen LogP contribution in [0.25, 0.3) is 0 Å². The summed E-state index contributed by atoms with van der Waals surface area (Å²) in [6.07, 6.45) is -10.4. The molecule has 0 aliphatic rings. The van der Waals surface area contributed by atoms with Crippen molar-refractivity contribution in [2.24, 2.45) is 0 Å². The SMILES string of the molecule is Cc1c(O)ccc(C(C)(O)C(F)(F)F)c1C(F)(F)F. The van der Waals surface area contributed by atoms with E-state index < -0.39 is 40.4 Å². The number of phenolic OH excluding ortho intramolecular Hbond substituents is 1. The quantitative estimate of drug-likeness (QED) is 0.777. The highest BCUT2D eigenvalue weighted by atomic mass is 19.4. The second-order valence-electron chi connectivity index (χ2n) is 4.20. The molecule has 0 bridgehead atoms. The number of alkyl halides is 6. The van der Waals surface area contributed by atoms with E-state index in [1.165, 1.54) is 0 Å². The zero-order chi connectivity index (χ0) is 15.2. The van der Waals surface area contributed by atoms with Crippen molar-refractivity contribution in [3.8, 4) is 5.75 Å². The molecule has 0 aliphatic carbocycles. The molecule has 0 spiro atoms. The van der Waals surface area contributed by atoms with E-state index in [2.05, 4.69) is 0 Å². The van der Waals surface area contributed by atoms with Crippen molar-refractivity contribution < 1.29 is 36.6 Å². The van der Waals surface area contributed by atoms with E-state index in [0.29, 0.717) is 12.1 Å². The van der Waals surface area contributed by atoms with Crippen molar-refractivity contribution in [2.75, 3.05) is 0 Å². The molecular weight excluding hydrogens is 278 g/mol. The average Bonchev–Trinajstić information content (AvgIpc) is 2.17. The van der Waals surface area contributed by atoms with E-state index in [9.17, 15) is 36.6 Å². The van der Waals surface area contributed by atoms with Crippen LogP contribution in [0.3, 0.4) is 0 Å². The number of halogens is 6. The van der Waals surface area contributed by atoms with Crippen LogP contribution in [-0.4, -0.2) is 16.4 Å². The van der Waals surface area contributed by atoms with E-state index in [4.69, 9.17) is 0 Å². The summed E-state index contributed by atoms with van der Waals surface area (Å²) in [4.78, 5) is 0. The molecule has 0 heterocycles. The molecule has 1 unspecified atom stereocenters. The van der Waals surface area contributed by atoms with Crippen molar-refractivity contribution in [2.45, 2.75) is 31.8 Å². The summed E-state index contributed by atoms with van der Waals surface area (Å²) in [5.74, 6) is -0.797. The summed E-state index contributed by atoms with van der Waals surface area (Å²) in [5.41, 5.74) is -7.47. The minimum atomic E-state index is -5.28. The molecule has 2 N–H and O–H groups in total. The van der Waals surface area contributed by atoms with Gasteiger partial charge in [0.25, 0.3) is 0 Å². The number of rotatable bonds is 1. The van der Waals surface area contributed by atoms with E-state index in [1.807, 2.05) is 0 Å². The zero-order valence-electron chi connectivity index (χ0n) is 9.82. The van der Waals surface area contributed by atoms with E-state index in [0.717, 1.165) is 6.92 Å². The largest absolute Gasteiger partial charge is 0.508 e. The fourth-order valence-electron chi connectivity index (χ4n) is 1.62. The van der Waals surface area contributed by atoms with E-state index >= 15 is 0 Å². The van der Waals surface area contributed by atoms with Gasteiger partial charge in [0.05, 0.1) is 5.56 Å². The highest BCUT2D eigenvalue weighted by molar-refractivity contribution is 5.47. The summed E-state index contributed by atoms with van der Waals surface area (Å²) >= 11 is 0. The summed E-state index contributed by atoms with van der Waals surface area (Å²) in [7, 11) is 0. The molecule has 8 heteroatoms. The van der Waals surface area contributed by atoms with Gasteiger partial charge in [0.2, 0.25) is 0 Å². The van der Waals surface area contributed by atoms with E-state index in [1.54, 1.807) is 0 Å². The van der Waals surface area contributed by atoms with Crippen LogP contribution < -0.4 is 0 Å². The molecule has 108 valence electrons. The second kappa shape index (κ2) is 4.29. The van der Waals surface area contributed by atoms with E-state index in [-0.39, 0.29) is 6.92 Å². The van der Waals surface area contributed by atoms with Gasteiger partial charge < -0.3 is 10.2 Å². The Morgan fingerprint density at radius 1 is 1.00 bits per heavy atom. The Hall–Kier alpha value is -1.44. The van der Waals surface area contributed by atoms with Crippen LogP contribution in [0.1, 0.15) is 23.6 Å². The molecular formula is C11H10F6O2. The molecule has 0 fully saturated rings. The molecule has 2 nitrogen and oxygen atoms in total. The Morgan fingerprint density at radius 2 is 1.47 bits per heavy atom. The predicted octanol–water partition coefficient (Wildman–Crippen LogP) is 3.49. The predicted molar refractivity (Wildman–Crippen MR) is 53.5 cm³/mol. The lowest BCUT2D eigenvalue weighted by atomic mass is 9.88. The first-order valence-electron chi connectivity index (χ1n) is 4.99. The highest BCUT2D eigenvalue weighted by Gasteiger charge is 2.54. The third-order valence-electron chi connectivity index (χ3n) is 2.80. The molecule has 0 aromatic heterocycles. The lowest BCUT2D eigenvalue weighted by Crippen LogP contribution is -2.41. The Morgan fingerprint density at radius 3 is 1.84 bits per heavy atom. The van der Waals surface area contributed by atoms with Gasteiger partial charge in [0.1, 0.15) is 5.75 Å². The second-order valence-corrected chi connectivity index (χ2v) is 4.20. The van der Waals surface area contributed by atoms with Gasteiger partial charge in [-0.2, -0.15) is 26.3 Å². The minimum absolute atomic E-state index is 0.230. The standard InChI is InChI=1S/C11H10F6O2/c1-5-7(18)4-3-6(8(5)10(12,13)14)9(2,19)11(15,16)17/h3-4,18-19H,1-2H3. The van der Waals surface area contributed by atoms with Gasteiger partial charge in [-0.1, -0.05) is 6.07 Å². The van der Waals surface area contributed by atoms with Gasteiger partial charge >= 0.3 is 12.4 Å². The van der Waals surface area contributed by atoms with Crippen LogP contribution in [0.2, 0.25) is 0 Å². The normalized spacial score (nSPS) is 16.3. The fraction of sp³-hybridized carbons (Fsp3) is 0.455. The monoisotopic (exact) mass is 288 g/mol. The molecule has 0 aliphatic heterocycles. The third-order valence-corrected chi connectivity index (χ3v) is 2.80. The highest BCUT2D eigenvalue weighted by Crippen LogP contribution is 2.46. The number of benzene rings is 1. The summed E-state index contributed by atoms with van der Waals surface area (Å²) in [6.45, 7) is 1.06. The number of phenols is 1. The molecule has 1 rings (SSSR count). The van der Waals surface area contributed by atoms with Crippen LogP contribution >= 0.6 is 0 Å². The molecule has 19 heavy (non-hydrogen) atoms. The summed E-state index contributed by atoms with van der Waals surface area (Å²) < 4.78 is 76.4. The van der Waals surface area contributed by atoms with Gasteiger partial charge in [-0.05, 0) is 19.9 Å². The van der Waals surface area contributed by atoms with Crippen LogP contribution in [0.5, 0.6) is 5.75 Å². The van der Waals surface area contributed by atoms with Crippen LogP contribution in [0.15, 0.2) is 12.1 Å². The van der Waals surface area contributed by atoms with Crippen molar-refractivity contribution in [1.29, 1.82) is 0 Å². The lowest BCUT2D eigenvalue weighted by Gasteiger charge is -2.30. The first kappa shape index (κ1) is 15.6. The first-order valence-corrected chi connectivity index (χ1v) is 4.99. The molecule has 0 radical (unpaired) electrons. The molecule has 1 atom stereocenters. The van der Waals surface area contributed by atoms with Gasteiger partial charge in [-0.25, -0.2) is 0 Å². The number of aliphatic hydroxyl groups is 1. The van der Waals surface area contributed by atoms with Crippen LogP contribution in [0, 0.1) is 6.92 Å². The minimum Gasteiger partial charge on any atom is -0.508 e. The topological polar surface area (TPSA) is 40.5 Å². The van der Waals surface area contributed by atoms with Gasteiger partial charge in [-0.3, -0.25) is 0 Å². The summed E-state index contributed by atoms with van der Waals surface area (Å²) in [5, 5.41) is 18.6. The van der Waals surface area contributed by atoms with Crippen LogP contribution in [-0.2, 0) is 11.8 Å². The first-order chi connectivity index (χ1) is 8.30. The molecule has 0 amide bonds. The number of hydrogen-bond donors (Lipinski definition) is 2. The maximum Gasteiger partial charge on any atom is 0.421 e. The average molecular weight is 288 g/mol. The Bertz CT molecular complexity index is 487. The van der Waals surface area contributed by atoms with Gasteiger partial charge in [0.15, 0.2) is 5.60 Å². The molecule has 1 aromatic carbocycles. The zero-order valence-corrected chi connectivity index (χ0v) is 9.82. The van der Waals surface area contributed by atoms with Crippen LogP contribution in [0.4, 0.5) is 26.3 Å². The van der Waals surface area contributed by atoms with Crippen molar-refractivity contribution in [3.63, 3.8) is 0 Å². The summed E-state index contributed by atoms with van der Waals surface area (Å²) in [6, 6.07) is 1.10. The molecule has 0 saturated carbocycles. The van der Waals surface area contributed by atoms with Gasteiger partial charge in [0, 0.05) is 11.1 Å².